The van der Waals surface area contributed by atoms with Crippen molar-refractivity contribution in [2.75, 3.05) is 27.3 Å². The summed E-state index contributed by atoms with van der Waals surface area (Å²) in [5, 5.41) is 5.55. The Hall–Kier alpha value is -3.68. The highest BCUT2D eigenvalue weighted by Crippen LogP contribution is 2.22. The minimum Gasteiger partial charge on any atom is -0.497 e. The number of methoxy groups -OCH3 is 2. The van der Waals surface area contributed by atoms with Gasteiger partial charge in [0.25, 0.3) is 11.8 Å². The number of hydrogen-bond donors (Lipinski definition) is 2. The van der Waals surface area contributed by atoms with E-state index in [2.05, 4.69) is 20.6 Å². The van der Waals surface area contributed by atoms with Crippen molar-refractivity contribution in [1.29, 1.82) is 0 Å². The monoisotopic (exact) mass is 408 g/mol. The van der Waals surface area contributed by atoms with E-state index in [1.807, 2.05) is 13.8 Å². The Morgan fingerprint density at radius 2 is 1.30 bits per heavy atom. The largest absolute Gasteiger partial charge is 0.497 e. The van der Waals surface area contributed by atoms with Crippen LogP contribution < -0.4 is 20.1 Å². The average Bonchev–Trinajstić information content (AvgIpc) is 2.76. The maximum atomic E-state index is 12.4. The fourth-order valence-electron chi connectivity index (χ4n) is 2.87. The predicted molar refractivity (Wildman–Crippen MR) is 113 cm³/mol. The number of benzene rings is 2. The molecule has 8 nitrogen and oxygen atoms in total. The molecule has 0 fully saturated rings. The molecule has 0 unspecified atom stereocenters. The first kappa shape index (κ1) is 21.0. The number of fused-ring (bicyclic) bond motifs is 1. The first-order valence-electron chi connectivity index (χ1n) is 9.45. The summed E-state index contributed by atoms with van der Waals surface area (Å²) >= 11 is 0. The quantitative estimate of drug-likeness (QED) is 0.582. The van der Waals surface area contributed by atoms with Crippen molar-refractivity contribution < 1.29 is 19.1 Å². The lowest BCUT2D eigenvalue weighted by Crippen LogP contribution is -2.34. The SMILES string of the molecule is COc1cc(OC)cc(C(=O)NCCNC(=O)c2ccc3nc(C)c(C)nc3c2)c1. The second-order valence-corrected chi connectivity index (χ2v) is 6.71. The Balaban J connectivity index is 1.56. The molecule has 0 radical (unpaired) electrons. The van der Waals surface area contributed by atoms with Crippen LogP contribution in [0.3, 0.4) is 0 Å². The third-order valence-electron chi connectivity index (χ3n) is 4.65. The van der Waals surface area contributed by atoms with Gasteiger partial charge in [0.2, 0.25) is 0 Å². The van der Waals surface area contributed by atoms with Crippen molar-refractivity contribution in [3.8, 4) is 11.5 Å². The van der Waals surface area contributed by atoms with E-state index < -0.39 is 0 Å². The van der Waals surface area contributed by atoms with Gasteiger partial charge in [-0.05, 0) is 44.2 Å². The van der Waals surface area contributed by atoms with Crippen LogP contribution in [0.15, 0.2) is 36.4 Å². The van der Waals surface area contributed by atoms with E-state index in [4.69, 9.17) is 9.47 Å². The molecule has 8 heteroatoms. The summed E-state index contributed by atoms with van der Waals surface area (Å²) in [7, 11) is 3.04. The molecule has 156 valence electrons. The van der Waals surface area contributed by atoms with Gasteiger partial charge in [-0.1, -0.05) is 0 Å². The van der Waals surface area contributed by atoms with Gasteiger partial charge >= 0.3 is 0 Å². The van der Waals surface area contributed by atoms with Gasteiger partial charge in [0.15, 0.2) is 0 Å². The second kappa shape index (κ2) is 9.21. The van der Waals surface area contributed by atoms with Crippen LogP contribution in [0.5, 0.6) is 11.5 Å². The Kier molecular flexibility index (Phi) is 6.46. The summed E-state index contributed by atoms with van der Waals surface area (Å²) in [6.45, 7) is 4.34. The molecule has 0 bridgehead atoms. The number of rotatable bonds is 7. The van der Waals surface area contributed by atoms with Gasteiger partial charge in [-0.15, -0.1) is 0 Å². The molecule has 0 aliphatic carbocycles. The van der Waals surface area contributed by atoms with Crippen molar-refractivity contribution >= 4 is 22.8 Å². The summed E-state index contributed by atoms with van der Waals surface area (Å²) in [5.41, 5.74) is 4.02. The number of amides is 2. The molecule has 30 heavy (non-hydrogen) atoms. The lowest BCUT2D eigenvalue weighted by atomic mass is 10.1. The molecular formula is C22H24N4O4. The van der Waals surface area contributed by atoms with Gasteiger partial charge in [0.1, 0.15) is 11.5 Å². The van der Waals surface area contributed by atoms with E-state index in [9.17, 15) is 9.59 Å². The number of hydrogen-bond acceptors (Lipinski definition) is 6. The average molecular weight is 408 g/mol. The van der Waals surface area contributed by atoms with Crippen LogP contribution >= 0.6 is 0 Å². The van der Waals surface area contributed by atoms with Crippen molar-refractivity contribution in [1.82, 2.24) is 20.6 Å². The van der Waals surface area contributed by atoms with E-state index in [0.717, 1.165) is 16.9 Å². The Morgan fingerprint density at radius 1 is 0.767 bits per heavy atom. The number of nitrogens with one attached hydrogen (secondary N) is 2. The molecule has 0 spiro atoms. The topological polar surface area (TPSA) is 102 Å². The zero-order valence-corrected chi connectivity index (χ0v) is 17.4. The maximum absolute atomic E-state index is 12.4. The number of ether oxygens (including phenoxy) is 2. The molecule has 0 saturated heterocycles. The molecule has 3 aromatic rings. The van der Waals surface area contributed by atoms with Crippen molar-refractivity contribution in [3.05, 3.63) is 58.9 Å². The number of carbonyl (C=O) groups excluding carboxylic acids is 2. The molecule has 1 heterocycles. The predicted octanol–water partition coefficient (Wildman–Crippen LogP) is 2.42. The van der Waals surface area contributed by atoms with Gasteiger partial charge < -0.3 is 20.1 Å². The lowest BCUT2D eigenvalue weighted by Gasteiger charge is -2.10. The van der Waals surface area contributed by atoms with Crippen LogP contribution in [-0.4, -0.2) is 49.1 Å². The van der Waals surface area contributed by atoms with Crippen molar-refractivity contribution in [2.24, 2.45) is 0 Å². The van der Waals surface area contributed by atoms with E-state index in [1.165, 1.54) is 14.2 Å². The molecule has 1 aromatic heterocycles. The Morgan fingerprint density at radius 3 is 1.87 bits per heavy atom. The summed E-state index contributed by atoms with van der Waals surface area (Å²) in [4.78, 5) is 33.7. The third-order valence-corrected chi connectivity index (χ3v) is 4.65. The molecule has 0 atom stereocenters. The smallest absolute Gasteiger partial charge is 0.251 e. The number of aryl methyl sites for hydroxylation is 2. The number of nitrogens with zero attached hydrogens (tertiary/aromatic N) is 2. The van der Waals surface area contributed by atoms with Gasteiger partial charge in [-0.25, -0.2) is 9.97 Å². The fraction of sp³-hybridized carbons (Fsp3) is 0.273. The fourth-order valence-corrected chi connectivity index (χ4v) is 2.87. The highest BCUT2D eigenvalue weighted by molar-refractivity contribution is 5.97. The van der Waals surface area contributed by atoms with E-state index in [0.29, 0.717) is 28.1 Å². The molecule has 3 rings (SSSR count). The van der Waals surface area contributed by atoms with Crippen LogP contribution in [-0.2, 0) is 0 Å². The van der Waals surface area contributed by atoms with Crippen LogP contribution in [0.4, 0.5) is 0 Å². The van der Waals surface area contributed by atoms with Crippen LogP contribution in [0, 0.1) is 13.8 Å². The zero-order valence-electron chi connectivity index (χ0n) is 17.4. The van der Waals surface area contributed by atoms with Gasteiger partial charge in [-0.3, -0.25) is 9.59 Å². The minimum absolute atomic E-state index is 0.241. The summed E-state index contributed by atoms with van der Waals surface area (Å²) in [6, 6.07) is 10.1. The molecule has 2 N–H and O–H groups in total. The normalized spacial score (nSPS) is 10.5. The van der Waals surface area contributed by atoms with Crippen LogP contribution in [0.1, 0.15) is 32.1 Å². The van der Waals surface area contributed by atoms with Crippen molar-refractivity contribution in [2.45, 2.75) is 13.8 Å². The molecule has 2 amide bonds. The van der Waals surface area contributed by atoms with Gasteiger partial charge in [0, 0.05) is 30.3 Å². The Bertz CT molecular complexity index is 1080. The third kappa shape index (κ3) is 4.83. The van der Waals surface area contributed by atoms with E-state index in [-0.39, 0.29) is 24.9 Å². The molecule has 2 aromatic carbocycles. The zero-order chi connectivity index (χ0) is 21.7. The summed E-state index contributed by atoms with van der Waals surface area (Å²) in [5.74, 6) is 0.526. The van der Waals surface area contributed by atoms with Gasteiger partial charge in [-0.2, -0.15) is 0 Å². The van der Waals surface area contributed by atoms with Gasteiger partial charge in [0.05, 0.1) is 36.6 Å². The molecular weight excluding hydrogens is 384 g/mol. The molecule has 0 saturated carbocycles. The van der Waals surface area contributed by atoms with E-state index in [1.54, 1.807) is 36.4 Å². The lowest BCUT2D eigenvalue weighted by molar-refractivity contribution is 0.0927. The first-order chi connectivity index (χ1) is 14.4. The van der Waals surface area contributed by atoms with Crippen LogP contribution in [0.2, 0.25) is 0 Å². The highest BCUT2D eigenvalue weighted by atomic mass is 16.5. The number of carbonyl (C=O) groups is 2. The standard InChI is InChI=1S/C22H24N4O4/c1-13-14(2)26-20-11-15(5-6-19(20)25-13)21(27)23-7-8-24-22(28)16-9-17(29-3)12-18(10-16)30-4/h5-6,9-12H,7-8H2,1-4H3,(H,23,27)(H,24,28). The van der Waals surface area contributed by atoms with Crippen molar-refractivity contribution in [3.63, 3.8) is 0 Å². The Labute approximate surface area is 174 Å². The van der Waals surface area contributed by atoms with E-state index >= 15 is 0 Å². The maximum Gasteiger partial charge on any atom is 0.251 e. The first-order valence-corrected chi connectivity index (χ1v) is 9.45. The minimum atomic E-state index is -0.284. The number of aromatic nitrogens is 2. The molecule has 0 aliphatic heterocycles. The van der Waals surface area contributed by atoms with Crippen LogP contribution in [0.25, 0.3) is 11.0 Å². The highest BCUT2D eigenvalue weighted by Gasteiger charge is 2.11. The second-order valence-electron chi connectivity index (χ2n) is 6.71. The summed E-state index contributed by atoms with van der Waals surface area (Å²) < 4.78 is 10.3. The summed E-state index contributed by atoms with van der Waals surface area (Å²) in [6.07, 6.45) is 0. The molecule has 0 aliphatic rings.